The SMILES string of the molecule is Cc1cc(Nc2ncnc3ccc(-c4ncc[nH]4)cc23)ccc1OCc1ccccn1. The van der Waals surface area contributed by atoms with Gasteiger partial charge in [-0.15, -0.1) is 0 Å². The van der Waals surface area contributed by atoms with Crippen LogP contribution in [-0.4, -0.2) is 24.9 Å². The molecule has 0 aliphatic heterocycles. The molecule has 0 amide bonds. The van der Waals surface area contributed by atoms with Crippen LogP contribution in [0.2, 0.25) is 0 Å². The molecule has 0 radical (unpaired) electrons. The summed E-state index contributed by atoms with van der Waals surface area (Å²) in [4.78, 5) is 20.6. The first-order valence-corrected chi connectivity index (χ1v) is 9.91. The Bertz CT molecular complexity index is 1320. The van der Waals surface area contributed by atoms with Crippen LogP contribution in [0, 0.1) is 6.92 Å². The van der Waals surface area contributed by atoms with Gasteiger partial charge in [-0.2, -0.15) is 0 Å². The standard InChI is InChI=1S/C24H20N6O/c1-16-12-18(6-8-22(16)31-14-19-4-2-3-9-25-19)30-24-20-13-17(23-26-10-11-27-23)5-7-21(20)28-15-29-24/h2-13,15H,14H2,1H3,(H,26,27)(H,28,29,30). The number of rotatable bonds is 6. The smallest absolute Gasteiger partial charge is 0.141 e. The Hall–Kier alpha value is -4.26. The molecule has 0 aliphatic rings. The first-order valence-electron chi connectivity index (χ1n) is 9.91. The number of hydrogen-bond acceptors (Lipinski definition) is 6. The largest absolute Gasteiger partial charge is 0.487 e. The van der Waals surface area contributed by atoms with E-state index in [2.05, 4.69) is 30.2 Å². The second-order valence-electron chi connectivity index (χ2n) is 7.11. The molecule has 0 aliphatic carbocycles. The molecule has 7 nitrogen and oxygen atoms in total. The molecule has 0 atom stereocenters. The van der Waals surface area contributed by atoms with Gasteiger partial charge in [0, 0.05) is 35.2 Å². The van der Waals surface area contributed by atoms with E-state index < -0.39 is 0 Å². The Morgan fingerprint density at radius 3 is 2.71 bits per heavy atom. The van der Waals surface area contributed by atoms with Crippen LogP contribution >= 0.6 is 0 Å². The number of imidazole rings is 1. The number of aromatic nitrogens is 5. The number of benzene rings is 2. The van der Waals surface area contributed by atoms with E-state index in [1.807, 2.05) is 61.5 Å². The van der Waals surface area contributed by atoms with Gasteiger partial charge in [-0.1, -0.05) is 6.07 Å². The minimum Gasteiger partial charge on any atom is -0.487 e. The summed E-state index contributed by atoms with van der Waals surface area (Å²) in [6, 6.07) is 17.8. The first-order chi connectivity index (χ1) is 15.3. The third-order valence-corrected chi connectivity index (χ3v) is 4.95. The Kier molecular flexibility index (Phi) is 4.98. The number of nitrogens with one attached hydrogen (secondary N) is 2. The number of ether oxygens (including phenoxy) is 1. The highest BCUT2D eigenvalue weighted by Crippen LogP contribution is 2.29. The van der Waals surface area contributed by atoms with Gasteiger partial charge in [0.2, 0.25) is 0 Å². The van der Waals surface area contributed by atoms with E-state index >= 15 is 0 Å². The van der Waals surface area contributed by atoms with Gasteiger partial charge in [0.1, 0.15) is 30.3 Å². The minimum absolute atomic E-state index is 0.431. The fraction of sp³-hybridized carbons (Fsp3) is 0.0833. The number of fused-ring (bicyclic) bond motifs is 1. The van der Waals surface area contributed by atoms with E-state index in [1.165, 1.54) is 0 Å². The molecule has 3 aromatic heterocycles. The monoisotopic (exact) mass is 408 g/mol. The summed E-state index contributed by atoms with van der Waals surface area (Å²) >= 11 is 0. The molecular weight excluding hydrogens is 388 g/mol. The maximum Gasteiger partial charge on any atom is 0.141 e. The molecule has 0 bridgehead atoms. The van der Waals surface area contributed by atoms with Gasteiger partial charge in [-0.3, -0.25) is 4.98 Å². The molecule has 0 saturated heterocycles. The number of anilines is 2. The third kappa shape index (κ3) is 4.06. The normalized spacial score (nSPS) is 10.9. The van der Waals surface area contributed by atoms with Gasteiger partial charge >= 0.3 is 0 Å². The molecule has 0 saturated carbocycles. The minimum atomic E-state index is 0.431. The fourth-order valence-corrected chi connectivity index (χ4v) is 3.39. The Labute approximate surface area is 179 Å². The number of aromatic amines is 1. The molecule has 2 N–H and O–H groups in total. The molecule has 5 aromatic rings. The van der Waals surface area contributed by atoms with Crippen LogP contribution < -0.4 is 10.1 Å². The van der Waals surface area contributed by atoms with Gasteiger partial charge in [-0.25, -0.2) is 15.0 Å². The van der Waals surface area contributed by atoms with Crippen molar-refractivity contribution in [2.24, 2.45) is 0 Å². The zero-order valence-corrected chi connectivity index (χ0v) is 16.9. The van der Waals surface area contributed by atoms with Crippen molar-refractivity contribution in [2.45, 2.75) is 13.5 Å². The van der Waals surface area contributed by atoms with E-state index in [4.69, 9.17) is 4.74 Å². The number of hydrogen-bond donors (Lipinski definition) is 2. The summed E-state index contributed by atoms with van der Waals surface area (Å²) in [5.41, 5.74) is 4.68. The average molecular weight is 408 g/mol. The van der Waals surface area contributed by atoms with Crippen LogP contribution in [0.25, 0.3) is 22.3 Å². The summed E-state index contributed by atoms with van der Waals surface area (Å²) in [7, 11) is 0. The molecule has 152 valence electrons. The lowest BCUT2D eigenvalue weighted by Gasteiger charge is -2.13. The predicted molar refractivity (Wildman–Crippen MR) is 120 cm³/mol. The van der Waals surface area contributed by atoms with Crippen molar-refractivity contribution in [2.75, 3.05) is 5.32 Å². The lowest BCUT2D eigenvalue weighted by molar-refractivity contribution is 0.299. The molecule has 0 unspecified atom stereocenters. The Morgan fingerprint density at radius 1 is 0.935 bits per heavy atom. The Balaban J connectivity index is 1.39. The molecule has 0 fully saturated rings. The summed E-state index contributed by atoms with van der Waals surface area (Å²) in [5.74, 6) is 2.37. The highest BCUT2D eigenvalue weighted by molar-refractivity contribution is 5.93. The molecule has 5 rings (SSSR count). The lowest BCUT2D eigenvalue weighted by Crippen LogP contribution is -2.00. The van der Waals surface area contributed by atoms with Crippen molar-refractivity contribution in [1.29, 1.82) is 0 Å². The average Bonchev–Trinajstić information content (AvgIpc) is 3.34. The van der Waals surface area contributed by atoms with Gasteiger partial charge in [0.25, 0.3) is 0 Å². The Morgan fingerprint density at radius 2 is 1.90 bits per heavy atom. The van der Waals surface area contributed by atoms with Crippen LogP contribution in [-0.2, 0) is 6.61 Å². The van der Waals surface area contributed by atoms with Crippen LogP contribution in [0.4, 0.5) is 11.5 Å². The molecular formula is C24H20N6O. The molecule has 0 spiro atoms. The van der Waals surface area contributed by atoms with Crippen molar-refractivity contribution in [3.05, 3.63) is 90.8 Å². The van der Waals surface area contributed by atoms with E-state index in [1.54, 1.807) is 24.9 Å². The maximum atomic E-state index is 5.93. The molecule has 2 aromatic carbocycles. The fourth-order valence-electron chi connectivity index (χ4n) is 3.39. The van der Waals surface area contributed by atoms with Gasteiger partial charge < -0.3 is 15.0 Å². The van der Waals surface area contributed by atoms with Crippen LogP contribution in [0.3, 0.4) is 0 Å². The maximum absolute atomic E-state index is 5.93. The predicted octanol–water partition coefficient (Wildman–Crippen LogP) is 5.05. The zero-order valence-electron chi connectivity index (χ0n) is 16.9. The van der Waals surface area contributed by atoms with Crippen molar-refractivity contribution >= 4 is 22.4 Å². The second kappa shape index (κ2) is 8.23. The van der Waals surface area contributed by atoms with Crippen molar-refractivity contribution in [1.82, 2.24) is 24.9 Å². The number of aryl methyl sites for hydroxylation is 1. The first kappa shape index (κ1) is 18.7. The van der Waals surface area contributed by atoms with E-state index in [9.17, 15) is 0 Å². The van der Waals surface area contributed by atoms with Gasteiger partial charge in [-0.05, 0) is 61.0 Å². The zero-order chi connectivity index (χ0) is 21.0. The van der Waals surface area contributed by atoms with Crippen molar-refractivity contribution in [3.63, 3.8) is 0 Å². The summed E-state index contributed by atoms with van der Waals surface area (Å²) in [6.45, 7) is 2.45. The van der Waals surface area contributed by atoms with E-state index in [0.717, 1.165) is 50.8 Å². The van der Waals surface area contributed by atoms with Gasteiger partial charge in [0.15, 0.2) is 0 Å². The number of pyridine rings is 1. The topological polar surface area (TPSA) is 88.6 Å². The molecule has 31 heavy (non-hydrogen) atoms. The lowest BCUT2D eigenvalue weighted by atomic mass is 10.1. The third-order valence-electron chi connectivity index (χ3n) is 4.95. The highest BCUT2D eigenvalue weighted by Gasteiger charge is 2.09. The number of H-pyrrole nitrogens is 1. The molecule has 3 heterocycles. The second-order valence-corrected chi connectivity index (χ2v) is 7.11. The van der Waals surface area contributed by atoms with Crippen LogP contribution in [0.5, 0.6) is 5.75 Å². The van der Waals surface area contributed by atoms with Crippen molar-refractivity contribution in [3.8, 4) is 17.1 Å². The van der Waals surface area contributed by atoms with Crippen LogP contribution in [0.15, 0.2) is 79.5 Å². The highest BCUT2D eigenvalue weighted by atomic mass is 16.5. The van der Waals surface area contributed by atoms with Crippen LogP contribution in [0.1, 0.15) is 11.3 Å². The number of nitrogens with zero attached hydrogens (tertiary/aromatic N) is 4. The molecule has 7 heteroatoms. The summed E-state index contributed by atoms with van der Waals surface area (Å²) < 4.78 is 5.93. The van der Waals surface area contributed by atoms with E-state index in [-0.39, 0.29) is 0 Å². The summed E-state index contributed by atoms with van der Waals surface area (Å²) in [6.07, 6.45) is 6.87. The quantitative estimate of drug-likeness (QED) is 0.409. The summed E-state index contributed by atoms with van der Waals surface area (Å²) in [5, 5.41) is 4.33. The van der Waals surface area contributed by atoms with E-state index in [0.29, 0.717) is 6.61 Å². The van der Waals surface area contributed by atoms with Gasteiger partial charge in [0.05, 0.1) is 11.2 Å². The van der Waals surface area contributed by atoms with Crippen molar-refractivity contribution < 1.29 is 4.74 Å².